The summed E-state index contributed by atoms with van der Waals surface area (Å²) < 4.78 is 5.24. The van der Waals surface area contributed by atoms with Crippen molar-refractivity contribution in [1.82, 2.24) is 0 Å². The Morgan fingerprint density at radius 2 is 1.96 bits per heavy atom. The zero-order chi connectivity index (χ0) is 17.3. The van der Waals surface area contributed by atoms with Gasteiger partial charge in [-0.05, 0) is 66.4 Å². The van der Waals surface area contributed by atoms with Crippen LogP contribution >= 0.6 is 0 Å². The fraction of sp³-hybridized carbons (Fsp3) is 0.476. The molecule has 0 amide bonds. The van der Waals surface area contributed by atoms with Gasteiger partial charge in [-0.2, -0.15) is 0 Å². The standard InChI is InChI=1S/C21H26O3/c1-21(2)12-16(10-14-4-7-18(24-3)8-5-14)19-9-6-15(20(22)23)11-17(19)13-21/h4-5,7-8,11,15H,6,9-10,12-13H2,1-3H3,(H,22,23). The van der Waals surface area contributed by atoms with Crippen LogP contribution in [0.4, 0.5) is 0 Å². The predicted octanol–water partition coefficient (Wildman–Crippen LogP) is 4.78. The highest BCUT2D eigenvalue weighted by Crippen LogP contribution is 2.47. The van der Waals surface area contributed by atoms with Crippen molar-refractivity contribution in [3.8, 4) is 5.75 Å². The fourth-order valence-electron chi connectivity index (χ4n) is 4.07. The molecule has 1 aromatic carbocycles. The molecule has 0 spiro atoms. The molecule has 0 fully saturated rings. The number of aliphatic carboxylic acids is 1. The van der Waals surface area contributed by atoms with Gasteiger partial charge in [0.2, 0.25) is 0 Å². The van der Waals surface area contributed by atoms with Crippen LogP contribution in [0.5, 0.6) is 5.75 Å². The van der Waals surface area contributed by atoms with Crippen LogP contribution < -0.4 is 4.74 Å². The summed E-state index contributed by atoms with van der Waals surface area (Å²) in [4.78, 5) is 11.4. The Kier molecular flexibility index (Phi) is 4.53. The minimum absolute atomic E-state index is 0.192. The van der Waals surface area contributed by atoms with E-state index in [-0.39, 0.29) is 11.3 Å². The molecule has 0 aliphatic heterocycles. The van der Waals surface area contributed by atoms with Gasteiger partial charge >= 0.3 is 5.97 Å². The van der Waals surface area contributed by atoms with Gasteiger partial charge < -0.3 is 9.84 Å². The molecule has 24 heavy (non-hydrogen) atoms. The Morgan fingerprint density at radius 3 is 2.58 bits per heavy atom. The van der Waals surface area contributed by atoms with Crippen molar-refractivity contribution < 1.29 is 14.6 Å². The van der Waals surface area contributed by atoms with Gasteiger partial charge in [0.1, 0.15) is 5.75 Å². The molecule has 3 heteroatoms. The lowest BCUT2D eigenvalue weighted by Gasteiger charge is -2.38. The molecule has 0 radical (unpaired) electrons. The van der Waals surface area contributed by atoms with Gasteiger partial charge in [-0.3, -0.25) is 4.79 Å². The summed E-state index contributed by atoms with van der Waals surface area (Å²) in [5, 5.41) is 9.34. The zero-order valence-electron chi connectivity index (χ0n) is 14.8. The van der Waals surface area contributed by atoms with Crippen molar-refractivity contribution in [2.24, 2.45) is 11.3 Å². The summed E-state index contributed by atoms with van der Waals surface area (Å²) in [7, 11) is 1.68. The summed E-state index contributed by atoms with van der Waals surface area (Å²) in [5.74, 6) is -0.135. The van der Waals surface area contributed by atoms with Gasteiger partial charge in [-0.15, -0.1) is 0 Å². The van der Waals surface area contributed by atoms with E-state index in [1.165, 1.54) is 22.3 Å². The lowest BCUT2D eigenvalue weighted by Crippen LogP contribution is -2.26. The smallest absolute Gasteiger partial charge is 0.310 e. The second-order valence-electron chi connectivity index (χ2n) is 7.80. The zero-order valence-corrected chi connectivity index (χ0v) is 14.8. The summed E-state index contributed by atoms with van der Waals surface area (Å²) in [6, 6.07) is 8.26. The van der Waals surface area contributed by atoms with Gasteiger partial charge in [-0.1, -0.05) is 37.6 Å². The summed E-state index contributed by atoms with van der Waals surface area (Å²) in [6.45, 7) is 4.56. The number of allylic oxidation sites excluding steroid dienone is 3. The first-order valence-corrected chi connectivity index (χ1v) is 8.66. The average molecular weight is 326 g/mol. The van der Waals surface area contributed by atoms with Crippen LogP contribution in [-0.2, 0) is 11.2 Å². The molecule has 0 heterocycles. The molecule has 3 rings (SSSR count). The second-order valence-corrected chi connectivity index (χ2v) is 7.80. The highest BCUT2D eigenvalue weighted by atomic mass is 16.5. The number of carboxylic acid groups (broad SMARTS) is 1. The van der Waals surface area contributed by atoms with Gasteiger partial charge in [0, 0.05) is 0 Å². The Bertz CT molecular complexity index is 692. The summed E-state index contributed by atoms with van der Waals surface area (Å²) in [5.41, 5.74) is 5.65. The maximum Gasteiger partial charge on any atom is 0.310 e. The summed E-state index contributed by atoms with van der Waals surface area (Å²) >= 11 is 0. The van der Waals surface area contributed by atoms with Crippen molar-refractivity contribution >= 4 is 5.97 Å². The number of carbonyl (C=O) groups is 1. The van der Waals surface area contributed by atoms with E-state index < -0.39 is 5.97 Å². The van der Waals surface area contributed by atoms with Gasteiger partial charge in [0.15, 0.2) is 0 Å². The number of ether oxygens (including phenoxy) is 1. The number of carboxylic acids is 1. The monoisotopic (exact) mass is 326 g/mol. The number of rotatable bonds is 4. The highest BCUT2D eigenvalue weighted by molar-refractivity contribution is 5.73. The minimum atomic E-state index is -0.693. The Balaban J connectivity index is 1.91. The minimum Gasteiger partial charge on any atom is -0.497 e. The maximum absolute atomic E-state index is 11.4. The Morgan fingerprint density at radius 1 is 1.25 bits per heavy atom. The van der Waals surface area contributed by atoms with Gasteiger partial charge in [0.05, 0.1) is 13.0 Å². The van der Waals surface area contributed by atoms with E-state index in [9.17, 15) is 9.90 Å². The number of hydrogen-bond acceptors (Lipinski definition) is 2. The molecule has 1 atom stereocenters. The highest BCUT2D eigenvalue weighted by Gasteiger charge is 2.33. The predicted molar refractivity (Wildman–Crippen MR) is 95.2 cm³/mol. The molecule has 0 saturated heterocycles. The lowest BCUT2D eigenvalue weighted by atomic mass is 9.67. The summed E-state index contributed by atoms with van der Waals surface area (Å²) in [6.07, 6.45) is 6.64. The molecule has 2 aliphatic rings. The fourth-order valence-corrected chi connectivity index (χ4v) is 4.07. The van der Waals surface area contributed by atoms with Gasteiger partial charge in [-0.25, -0.2) is 0 Å². The molecule has 128 valence electrons. The lowest BCUT2D eigenvalue weighted by molar-refractivity contribution is -0.140. The molecule has 0 aromatic heterocycles. The quantitative estimate of drug-likeness (QED) is 0.866. The van der Waals surface area contributed by atoms with E-state index in [0.717, 1.165) is 37.9 Å². The number of fused-ring (bicyclic) bond motifs is 1. The number of benzene rings is 1. The van der Waals surface area contributed by atoms with Crippen LogP contribution in [0.25, 0.3) is 0 Å². The van der Waals surface area contributed by atoms with Crippen LogP contribution in [0, 0.1) is 11.3 Å². The first-order valence-electron chi connectivity index (χ1n) is 8.66. The SMILES string of the molecule is COc1ccc(CC2=C3CCC(C(=O)O)C=C3CC(C)(C)C2)cc1. The third-order valence-corrected chi connectivity index (χ3v) is 5.18. The molecular weight excluding hydrogens is 300 g/mol. The van der Waals surface area contributed by atoms with Crippen molar-refractivity contribution in [1.29, 1.82) is 0 Å². The van der Waals surface area contributed by atoms with Crippen LogP contribution in [-0.4, -0.2) is 18.2 Å². The third kappa shape index (κ3) is 3.55. The molecule has 1 aromatic rings. The van der Waals surface area contributed by atoms with Crippen LogP contribution in [0.15, 0.2) is 47.1 Å². The number of methoxy groups -OCH3 is 1. The molecule has 0 saturated carbocycles. The molecule has 3 nitrogen and oxygen atoms in total. The van der Waals surface area contributed by atoms with Crippen molar-refractivity contribution in [2.75, 3.05) is 7.11 Å². The van der Waals surface area contributed by atoms with Crippen molar-refractivity contribution in [2.45, 2.75) is 46.0 Å². The van der Waals surface area contributed by atoms with Crippen molar-refractivity contribution in [3.05, 3.63) is 52.6 Å². The van der Waals surface area contributed by atoms with Crippen LogP contribution in [0.2, 0.25) is 0 Å². The first kappa shape index (κ1) is 16.8. The van der Waals surface area contributed by atoms with E-state index in [4.69, 9.17) is 4.74 Å². The maximum atomic E-state index is 11.4. The molecule has 1 N–H and O–H groups in total. The molecule has 1 unspecified atom stereocenters. The Hall–Kier alpha value is -2.03. The van der Waals surface area contributed by atoms with Crippen LogP contribution in [0.1, 0.15) is 45.1 Å². The topological polar surface area (TPSA) is 46.5 Å². The van der Waals surface area contributed by atoms with Gasteiger partial charge in [0.25, 0.3) is 0 Å². The van der Waals surface area contributed by atoms with Crippen LogP contribution in [0.3, 0.4) is 0 Å². The molecular formula is C21H26O3. The van der Waals surface area contributed by atoms with E-state index in [2.05, 4.69) is 26.0 Å². The van der Waals surface area contributed by atoms with E-state index >= 15 is 0 Å². The van der Waals surface area contributed by atoms with E-state index in [0.29, 0.717) is 0 Å². The molecule has 0 bridgehead atoms. The van der Waals surface area contributed by atoms with E-state index in [1.54, 1.807) is 7.11 Å². The second kappa shape index (κ2) is 6.46. The Labute approximate surface area is 144 Å². The average Bonchev–Trinajstić information content (AvgIpc) is 2.54. The largest absolute Gasteiger partial charge is 0.497 e. The first-order chi connectivity index (χ1) is 11.4. The normalized spacial score (nSPS) is 22.6. The number of hydrogen-bond donors (Lipinski definition) is 1. The van der Waals surface area contributed by atoms with E-state index in [1.807, 2.05) is 18.2 Å². The van der Waals surface area contributed by atoms with Crippen molar-refractivity contribution in [3.63, 3.8) is 0 Å². The third-order valence-electron chi connectivity index (χ3n) is 5.18. The molecule has 2 aliphatic carbocycles.